The van der Waals surface area contributed by atoms with Crippen molar-refractivity contribution < 1.29 is 4.74 Å². The maximum Gasteiger partial charge on any atom is 0.150 e. The molecule has 0 unspecified atom stereocenters. The van der Waals surface area contributed by atoms with E-state index in [0.717, 1.165) is 49.9 Å². The van der Waals surface area contributed by atoms with E-state index in [1.54, 1.807) is 0 Å². The Hall–Kier alpha value is -1.23. The fraction of sp³-hybridized carbons (Fsp3) is 0.700. The van der Waals surface area contributed by atoms with Gasteiger partial charge in [0.25, 0.3) is 0 Å². The van der Waals surface area contributed by atoms with E-state index in [4.69, 9.17) is 10.5 Å². The molecule has 1 saturated heterocycles. The van der Waals surface area contributed by atoms with Crippen LogP contribution in [0.2, 0.25) is 0 Å². The molecule has 0 spiro atoms. The molecule has 2 rings (SSSR count). The van der Waals surface area contributed by atoms with Crippen molar-refractivity contribution in [3.05, 3.63) is 5.69 Å². The van der Waals surface area contributed by atoms with Gasteiger partial charge in [0, 0.05) is 20.1 Å². The lowest BCUT2D eigenvalue weighted by Crippen LogP contribution is -2.37. The number of nitrogen functional groups attached to an aromatic ring is 1. The molecule has 0 amide bonds. The van der Waals surface area contributed by atoms with Gasteiger partial charge < -0.3 is 15.4 Å². The van der Waals surface area contributed by atoms with Gasteiger partial charge in [0.1, 0.15) is 0 Å². The van der Waals surface area contributed by atoms with Gasteiger partial charge in [-0.1, -0.05) is 6.92 Å². The summed E-state index contributed by atoms with van der Waals surface area (Å²) in [5.41, 5.74) is 7.89. The molecule has 84 valence electrons. The zero-order chi connectivity index (χ0) is 10.8. The van der Waals surface area contributed by atoms with Gasteiger partial charge in [0.2, 0.25) is 0 Å². The van der Waals surface area contributed by atoms with Gasteiger partial charge in [-0.15, -0.1) is 0 Å². The summed E-state index contributed by atoms with van der Waals surface area (Å²) in [4.78, 5) is 2.24. The summed E-state index contributed by atoms with van der Waals surface area (Å²) in [6, 6.07) is 0. The smallest absolute Gasteiger partial charge is 0.150 e. The van der Waals surface area contributed by atoms with Crippen molar-refractivity contribution in [2.45, 2.75) is 13.3 Å². The van der Waals surface area contributed by atoms with Crippen LogP contribution >= 0.6 is 0 Å². The van der Waals surface area contributed by atoms with E-state index in [0.29, 0.717) is 0 Å². The maximum absolute atomic E-state index is 6.08. The van der Waals surface area contributed by atoms with E-state index < -0.39 is 0 Å². The molecule has 0 saturated carbocycles. The van der Waals surface area contributed by atoms with E-state index in [9.17, 15) is 0 Å². The first-order valence-corrected chi connectivity index (χ1v) is 5.38. The third kappa shape index (κ3) is 1.79. The Morgan fingerprint density at radius 3 is 2.60 bits per heavy atom. The first-order chi connectivity index (χ1) is 7.24. The van der Waals surface area contributed by atoms with Gasteiger partial charge in [-0.25, -0.2) is 0 Å². The Morgan fingerprint density at radius 1 is 1.40 bits per heavy atom. The summed E-state index contributed by atoms with van der Waals surface area (Å²) in [7, 11) is 1.94. The monoisotopic (exact) mass is 210 g/mol. The van der Waals surface area contributed by atoms with Gasteiger partial charge in [-0.05, 0) is 6.42 Å². The first kappa shape index (κ1) is 10.3. The molecule has 5 heteroatoms. The minimum Gasteiger partial charge on any atom is -0.394 e. The summed E-state index contributed by atoms with van der Waals surface area (Å²) in [6.45, 7) is 5.40. The molecule has 2 heterocycles. The molecule has 0 radical (unpaired) electrons. The second-order valence-electron chi connectivity index (χ2n) is 3.76. The number of aryl methyl sites for hydroxylation is 2. The van der Waals surface area contributed by atoms with E-state index in [2.05, 4.69) is 16.9 Å². The highest BCUT2D eigenvalue weighted by Gasteiger charge is 2.20. The quantitative estimate of drug-likeness (QED) is 0.767. The van der Waals surface area contributed by atoms with Crippen LogP contribution in [0.15, 0.2) is 0 Å². The number of morpholine rings is 1. The van der Waals surface area contributed by atoms with Crippen molar-refractivity contribution in [3.8, 4) is 0 Å². The number of hydrogen-bond donors (Lipinski definition) is 1. The molecule has 0 aromatic carbocycles. The van der Waals surface area contributed by atoms with Gasteiger partial charge in [0.15, 0.2) is 5.82 Å². The van der Waals surface area contributed by atoms with Crippen LogP contribution in [0.3, 0.4) is 0 Å². The molecule has 1 aromatic rings. The third-order valence-corrected chi connectivity index (χ3v) is 2.77. The lowest BCUT2D eigenvalue weighted by molar-refractivity contribution is 0.122. The summed E-state index contributed by atoms with van der Waals surface area (Å²) in [5.74, 6) is 1.04. The van der Waals surface area contributed by atoms with Crippen molar-refractivity contribution in [1.29, 1.82) is 0 Å². The number of anilines is 2. The minimum absolute atomic E-state index is 0.770. The molecule has 1 aliphatic rings. The van der Waals surface area contributed by atoms with Crippen LogP contribution < -0.4 is 10.6 Å². The standard InChI is InChI=1S/C10H18N4O/c1-3-8-9(11)10(13(2)12-8)14-4-6-15-7-5-14/h3-7,11H2,1-2H3. The highest BCUT2D eigenvalue weighted by atomic mass is 16.5. The topological polar surface area (TPSA) is 56.3 Å². The molecule has 2 N–H and O–H groups in total. The molecular weight excluding hydrogens is 192 g/mol. The van der Waals surface area contributed by atoms with Crippen LogP contribution in [0.4, 0.5) is 11.5 Å². The highest BCUT2D eigenvalue weighted by Crippen LogP contribution is 2.26. The average molecular weight is 210 g/mol. The molecule has 5 nitrogen and oxygen atoms in total. The van der Waals surface area contributed by atoms with Crippen LogP contribution in [0, 0.1) is 0 Å². The SMILES string of the molecule is CCc1nn(C)c(N2CCOCC2)c1N. The van der Waals surface area contributed by atoms with Crippen LogP contribution in [-0.2, 0) is 18.2 Å². The fourth-order valence-electron chi connectivity index (χ4n) is 2.00. The Kier molecular flexibility index (Phi) is 2.81. The number of nitrogens with zero attached hydrogens (tertiary/aromatic N) is 3. The van der Waals surface area contributed by atoms with Crippen LogP contribution in [0.1, 0.15) is 12.6 Å². The third-order valence-electron chi connectivity index (χ3n) is 2.77. The normalized spacial score (nSPS) is 17.1. The number of rotatable bonds is 2. The average Bonchev–Trinajstić information content (AvgIpc) is 2.55. The molecule has 0 aliphatic carbocycles. The molecule has 0 atom stereocenters. The Balaban J connectivity index is 2.29. The van der Waals surface area contributed by atoms with Crippen LogP contribution in [-0.4, -0.2) is 36.1 Å². The van der Waals surface area contributed by atoms with Gasteiger partial charge in [0.05, 0.1) is 24.6 Å². The second kappa shape index (κ2) is 4.10. The maximum atomic E-state index is 6.08. The summed E-state index contributed by atoms with van der Waals surface area (Å²) < 4.78 is 7.20. The highest BCUT2D eigenvalue weighted by molar-refractivity contribution is 5.66. The number of nitrogens with two attached hydrogens (primary N) is 1. The van der Waals surface area contributed by atoms with Crippen LogP contribution in [0.25, 0.3) is 0 Å². The molecule has 15 heavy (non-hydrogen) atoms. The lowest BCUT2D eigenvalue weighted by Gasteiger charge is -2.28. The van der Waals surface area contributed by atoms with Crippen LogP contribution in [0.5, 0.6) is 0 Å². The lowest BCUT2D eigenvalue weighted by atomic mass is 10.3. The van der Waals surface area contributed by atoms with E-state index in [-0.39, 0.29) is 0 Å². The molecule has 1 aliphatic heterocycles. The van der Waals surface area contributed by atoms with Gasteiger partial charge in [-0.2, -0.15) is 5.10 Å². The Labute approximate surface area is 89.8 Å². The summed E-state index contributed by atoms with van der Waals surface area (Å²) in [6.07, 6.45) is 0.879. The second-order valence-corrected chi connectivity index (χ2v) is 3.76. The van der Waals surface area contributed by atoms with Crippen molar-refractivity contribution in [1.82, 2.24) is 9.78 Å². The number of aromatic nitrogens is 2. The van der Waals surface area contributed by atoms with E-state index in [1.165, 1.54) is 0 Å². The van der Waals surface area contributed by atoms with E-state index in [1.807, 2.05) is 11.7 Å². The predicted molar refractivity (Wildman–Crippen MR) is 60.0 cm³/mol. The summed E-state index contributed by atoms with van der Waals surface area (Å²) in [5, 5.41) is 4.41. The molecular formula is C10H18N4O. The van der Waals surface area contributed by atoms with Gasteiger partial charge in [-0.3, -0.25) is 4.68 Å². The number of ether oxygens (including phenoxy) is 1. The van der Waals surface area contributed by atoms with E-state index >= 15 is 0 Å². The summed E-state index contributed by atoms with van der Waals surface area (Å²) >= 11 is 0. The largest absolute Gasteiger partial charge is 0.394 e. The number of hydrogen-bond acceptors (Lipinski definition) is 4. The van der Waals surface area contributed by atoms with Crippen molar-refractivity contribution >= 4 is 11.5 Å². The Bertz CT molecular complexity index is 341. The molecule has 1 aromatic heterocycles. The fourth-order valence-corrected chi connectivity index (χ4v) is 2.00. The zero-order valence-electron chi connectivity index (χ0n) is 9.36. The minimum atomic E-state index is 0.770. The zero-order valence-corrected chi connectivity index (χ0v) is 9.36. The van der Waals surface area contributed by atoms with Crippen molar-refractivity contribution in [2.75, 3.05) is 36.9 Å². The first-order valence-electron chi connectivity index (χ1n) is 5.38. The predicted octanol–water partition coefficient (Wildman–Crippen LogP) is 0.401. The van der Waals surface area contributed by atoms with Crippen molar-refractivity contribution in [2.24, 2.45) is 7.05 Å². The van der Waals surface area contributed by atoms with Crippen molar-refractivity contribution in [3.63, 3.8) is 0 Å². The molecule has 0 bridgehead atoms. The Morgan fingerprint density at radius 2 is 2.07 bits per heavy atom. The molecule has 1 fully saturated rings. The van der Waals surface area contributed by atoms with Gasteiger partial charge >= 0.3 is 0 Å².